The Morgan fingerprint density at radius 3 is 2.78 bits per heavy atom. The molecule has 4 rings (SSSR count). The number of carbonyl (C=O) groups is 1. The molecule has 1 saturated heterocycles. The Morgan fingerprint density at radius 2 is 2.00 bits per heavy atom. The molecule has 0 spiro atoms. The number of pyridine rings is 1. The summed E-state index contributed by atoms with van der Waals surface area (Å²) in [6, 6.07) is 10.0. The fraction of sp³-hybridized carbons (Fsp3) is 0.263. The predicted octanol–water partition coefficient (Wildman–Crippen LogP) is 2.84. The summed E-state index contributed by atoms with van der Waals surface area (Å²) < 4.78 is 20.5. The van der Waals surface area contributed by atoms with Gasteiger partial charge in [0.05, 0.1) is 19.0 Å². The largest absolute Gasteiger partial charge is 0.494 e. The van der Waals surface area contributed by atoms with E-state index in [9.17, 15) is 9.18 Å². The number of urea groups is 1. The number of carbonyl (C=O) groups excluding carboxylic acids is 1. The van der Waals surface area contributed by atoms with Gasteiger partial charge in [-0.1, -0.05) is 6.07 Å². The number of rotatable bonds is 3. The van der Waals surface area contributed by atoms with Crippen LogP contribution in [0.25, 0.3) is 5.65 Å². The van der Waals surface area contributed by atoms with Crippen molar-refractivity contribution in [2.75, 3.05) is 43.5 Å². The molecular formula is C19H20FN5O2. The number of amides is 2. The van der Waals surface area contributed by atoms with Gasteiger partial charge in [0, 0.05) is 38.4 Å². The van der Waals surface area contributed by atoms with Crippen LogP contribution in [-0.2, 0) is 0 Å². The van der Waals surface area contributed by atoms with Crippen LogP contribution >= 0.6 is 0 Å². The van der Waals surface area contributed by atoms with Crippen molar-refractivity contribution in [3.05, 3.63) is 54.6 Å². The summed E-state index contributed by atoms with van der Waals surface area (Å²) >= 11 is 0. The number of piperazine rings is 1. The fourth-order valence-electron chi connectivity index (χ4n) is 3.28. The van der Waals surface area contributed by atoms with Crippen molar-refractivity contribution < 1.29 is 13.9 Å². The van der Waals surface area contributed by atoms with Crippen molar-refractivity contribution >= 4 is 23.2 Å². The van der Waals surface area contributed by atoms with Gasteiger partial charge in [-0.2, -0.15) is 0 Å². The first-order chi connectivity index (χ1) is 13.2. The molecule has 7 nitrogen and oxygen atoms in total. The monoisotopic (exact) mass is 369 g/mol. The second-order valence-corrected chi connectivity index (χ2v) is 6.29. The number of nitrogens with one attached hydrogen (secondary N) is 1. The fourth-order valence-corrected chi connectivity index (χ4v) is 3.28. The molecule has 0 atom stereocenters. The summed E-state index contributed by atoms with van der Waals surface area (Å²) in [5.41, 5.74) is 1.61. The molecule has 1 aliphatic rings. The van der Waals surface area contributed by atoms with Gasteiger partial charge in [-0.05, 0) is 24.3 Å². The van der Waals surface area contributed by atoms with Crippen molar-refractivity contribution in [2.24, 2.45) is 0 Å². The molecule has 27 heavy (non-hydrogen) atoms. The second-order valence-electron chi connectivity index (χ2n) is 6.29. The molecule has 1 fully saturated rings. The number of ether oxygens (including phenoxy) is 1. The van der Waals surface area contributed by atoms with E-state index in [0.717, 1.165) is 11.3 Å². The van der Waals surface area contributed by atoms with Gasteiger partial charge < -0.3 is 14.5 Å². The number of benzene rings is 1. The standard InChI is InChI=1S/C19H20FN5O2/c1-27-16-12-14(20)5-6-15(16)23-8-10-24(11-9-23)19(26)22-18-13-21-17-4-2-3-7-25(17)18/h2-7,12-13H,8-11H2,1H3,(H,22,26). The minimum atomic E-state index is -0.332. The van der Waals surface area contributed by atoms with Crippen molar-refractivity contribution in [3.63, 3.8) is 0 Å². The van der Waals surface area contributed by atoms with Crippen LogP contribution in [0, 0.1) is 5.82 Å². The molecular weight excluding hydrogens is 349 g/mol. The number of nitrogens with zero attached hydrogens (tertiary/aromatic N) is 4. The Morgan fingerprint density at radius 1 is 1.19 bits per heavy atom. The molecule has 3 aromatic rings. The average molecular weight is 369 g/mol. The summed E-state index contributed by atoms with van der Waals surface area (Å²) in [5.74, 6) is 0.804. The van der Waals surface area contributed by atoms with E-state index in [-0.39, 0.29) is 11.8 Å². The predicted molar refractivity (Wildman–Crippen MR) is 101 cm³/mol. The van der Waals surface area contributed by atoms with Gasteiger partial charge in [0.15, 0.2) is 0 Å². The Bertz CT molecular complexity index is 966. The molecule has 140 valence electrons. The van der Waals surface area contributed by atoms with Crippen LogP contribution in [0.3, 0.4) is 0 Å². The lowest BCUT2D eigenvalue weighted by molar-refractivity contribution is 0.208. The Kier molecular flexibility index (Phi) is 4.53. The first-order valence-electron chi connectivity index (χ1n) is 8.72. The maximum absolute atomic E-state index is 13.4. The summed E-state index contributed by atoms with van der Waals surface area (Å²) in [5, 5.41) is 2.91. The number of halogens is 1. The number of methoxy groups -OCH3 is 1. The second kappa shape index (κ2) is 7.14. The van der Waals surface area contributed by atoms with E-state index in [4.69, 9.17) is 4.74 Å². The molecule has 0 saturated carbocycles. The van der Waals surface area contributed by atoms with Crippen LogP contribution in [0.2, 0.25) is 0 Å². The topological polar surface area (TPSA) is 62.1 Å². The molecule has 2 amide bonds. The Hall–Kier alpha value is -3.29. The van der Waals surface area contributed by atoms with Gasteiger partial charge in [-0.3, -0.25) is 9.72 Å². The smallest absolute Gasteiger partial charge is 0.323 e. The van der Waals surface area contributed by atoms with Crippen LogP contribution in [0.15, 0.2) is 48.8 Å². The maximum Gasteiger partial charge on any atom is 0.323 e. The molecule has 0 radical (unpaired) electrons. The van der Waals surface area contributed by atoms with Crippen molar-refractivity contribution in [3.8, 4) is 5.75 Å². The molecule has 1 N–H and O–H groups in total. The van der Waals surface area contributed by atoms with E-state index < -0.39 is 0 Å². The summed E-state index contributed by atoms with van der Waals surface area (Å²) in [7, 11) is 1.53. The van der Waals surface area contributed by atoms with Gasteiger partial charge in [0.1, 0.15) is 23.0 Å². The van der Waals surface area contributed by atoms with E-state index in [1.54, 1.807) is 17.2 Å². The highest BCUT2D eigenvalue weighted by atomic mass is 19.1. The SMILES string of the molecule is COc1cc(F)ccc1N1CCN(C(=O)Nc2cnc3ccccn23)CC1. The minimum Gasteiger partial charge on any atom is -0.494 e. The van der Waals surface area contributed by atoms with Crippen molar-refractivity contribution in [1.82, 2.24) is 14.3 Å². The minimum absolute atomic E-state index is 0.161. The van der Waals surface area contributed by atoms with Crippen LogP contribution < -0.4 is 15.0 Å². The zero-order valence-electron chi connectivity index (χ0n) is 14.9. The molecule has 0 aliphatic carbocycles. The lowest BCUT2D eigenvalue weighted by atomic mass is 10.2. The van der Waals surface area contributed by atoms with Crippen molar-refractivity contribution in [2.45, 2.75) is 0 Å². The van der Waals surface area contributed by atoms with E-state index in [0.29, 0.717) is 37.7 Å². The zero-order valence-corrected chi connectivity index (χ0v) is 14.9. The number of imidazole rings is 1. The Balaban J connectivity index is 1.41. The Labute approximate surface area is 156 Å². The number of fused-ring (bicyclic) bond motifs is 1. The lowest BCUT2D eigenvalue weighted by Gasteiger charge is -2.36. The third kappa shape index (κ3) is 3.38. The van der Waals surface area contributed by atoms with Crippen LogP contribution in [0.1, 0.15) is 0 Å². The molecule has 3 heterocycles. The summed E-state index contributed by atoms with van der Waals surface area (Å²) in [6.45, 7) is 2.40. The first kappa shape index (κ1) is 17.1. The van der Waals surface area contributed by atoms with Gasteiger partial charge >= 0.3 is 6.03 Å². The number of hydrogen-bond acceptors (Lipinski definition) is 4. The molecule has 8 heteroatoms. The average Bonchev–Trinajstić information content (AvgIpc) is 3.11. The zero-order chi connectivity index (χ0) is 18.8. The van der Waals surface area contributed by atoms with Crippen LogP contribution in [0.4, 0.5) is 20.7 Å². The third-order valence-corrected chi connectivity index (χ3v) is 4.70. The summed E-state index contributed by atoms with van der Waals surface area (Å²) in [4.78, 5) is 20.7. The quantitative estimate of drug-likeness (QED) is 0.771. The number of hydrogen-bond donors (Lipinski definition) is 1. The van der Waals surface area contributed by atoms with E-state index >= 15 is 0 Å². The van der Waals surface area contributed by atoms with Crippen molar-refractivity contribution in [1.29, 1.82) is 0 Å². The molecule has 0 bridgehead atoms. The van der Waals surface area contributed by atoms with Gasteiger partial charge in [-0.25, -0.2) is 14.2 Å². The van der Waals surface area contributed by atoms with E-state index in [1.807, 2.05) is 28.8 Å². The van der Waals surface area contributed by atoms with Crippen LogP contribution in [0.5, 0.6) is 5.75 Å². The highest BCUT2D eigenvalue weighted by Crippen LogP contribution is 2.29. The van der Waals surface area contributed by atoms with Gasteiger partial charge in [0.25, 0.3) is 0 Å². The lowest BCUT2D eigenvalue weighted by Crippen LogP contribution is -2.50. The first-order valence-corrected chi connectivity index (χ1v) is 8.72. The van der Waals surface area contributed by atoms with Crippen LogP contribution in [-0.4, -0.2) is 53.6 Å². The van der Waals surface area contributed by atoms with Gasteiger partial charge in [0.2, 0.25) is 0 Å². The van der Waals surface area contributed by atoms with Gasteiger partial charge in [-0.15, -0.1) is 0 Å². The van der Waals surface area contributed by atoms with E-state index in [2.05, 4.69) is 15.2 Å². The molecule has 1 aliphatic heterocycles. The maximum atomic E-state index is 13.4. The normalized spacial score (nSPS) is 14.4. The molecule has 2 aromatic heterocycles. The summed E-state index contributed by atoms with van der Waals surface area (Å²) in [6.07, 6.45) is 3.50. The van der Waals surface area contributed by atoms with E-state index in [1.165, 1.54) is 19.2 Å². The highest BCUT2D eigenvalue weighted by Gasteiger charge is 2.23. The highest BCUT2D eigenvalue weighted by molar-refractivity contribution is 5.89. The number of aromatic nitrogens is 2. The molecule has 0 unspecified atom stereocenters. The molecule has 1 aromatic carbocycles. The third-order valence-electron chi connectivity index (χ3n) is 4.70. The number of anilines is 2.